The predicted molar refractivity (Wildman–Crippen MR) is 107 cm³/mol. The monoisotopic (exact) mass is 422 g/mol. The van der Waals surface area contributed by atoms with Crippen molar-refractivity contribution in [2.45, 2.75) is 37.6 Å². The number of methoxy groups -OCH3 is 1. The van der Waals surface area contributed by atoms with Gasteiger partial charge in [0.15, 0.2) is 11.6 Å². The summed E-state index contributed by atoms with van der Waals surface area (Å²) >= 11 is 0. The van der Waals surface area contributed by atoms with Crippen molar-refractivity contribution in [1.29, 1.82) is 1.43 Å². The Morgan fingerprint density at radius 1 is 1.52 bits per heavy atom. The molecule has 29 heavy (non-hydrogen) atoms. The molecular formula is C21H24FN3O4. The minimum Gasteiger partial charge on any atom is -0.492 e. The average molecular weight is 423 g/mol. The van der Waals surface area contributed by atoms with E-state index < -0.39 is 127 Å². The summed E-state index contributed by atoms with van der Waals surface area (Å²) in [5.41, 5.74) is -6.79. The van der Waals surface area contributed by atoms with Crippen molar-refractivity contribution >= 4 is 22.6 Å². The van der Waals surface area contributed by atoms with E-state index in [1.807, 2.05) is 5.32 Å². The van der Waals surface area contributed by atoms with Crippen LogP contribution in [0, 0.1) is 11.7 Å². The molecule has 3 fully saturated rings. The van der Waals surface area contributed by atoms with Gasteiger partial charge < -0.3 is 24.6 Å². The molecule has 3 aliphatic rings. The van der Waals surface area contributed by atoms with Gasteiger partial charge in [0.1, 0.15) is 11.3 Å². The zero-order valence-corrected chi connectivity index (χ0v) is 14.1. The lowest BCUT2D eigenvalue weighted by Gasteiger charge is -2.25. The Labute approximate surface area is 196 Å². The molecule has 0 bridgehead atoms. The Kier molecular flexibility index (Phi) is 1.49. The second-order valence-corrected chi connectivity index (χ2v) is 6.07. The van der Waals surface area contributed by atoms with Crippen molar-refractivity contribution in [2.75, 3.05) is 31.4 Å². The Bertz CT molecular complexity index is 1900. The van der Waals surface area contributed by atoms with E-state index in [9.17, 15) is 9.59 Å². The molecule has 2 N–H and O–H groups in total. The Balaban J connectivity index is 2.05. The standard InChI is InChI=1S/C21H24FN3O4/c1-29-20-17-13(19(26)14(21(27)28)9-25(17)12-4-5-12)7-15(22)18(20)24-8-11-3-2-6-23-16(11)10-24/h7,9,11-12,16,23H,2-6,8,10H2,1H3,(H,27,28)/i1D3,2D2,3D2,4D2,5D2,6D2,7D,8D2,9D,10D2,12D/hD. The number of hydrogen-bond acceptors (Lipinski definition) is 6. The van der Waals surface area contributed by atoms with Gasteiger partial charge in [0.2, 0.25) is 5.43 Å². The van der Waals surface area contributed by atoms with E-state index in [4.69, 9.17) is 33.6 Å². The summed E-state index contributed by atoms with van der Waals surface area (Å²) in [5, 5.41) is 4.06. The van der Waals surface area contributed by atoms with Gasteiger partial charge in [-0.2, -0.15) is 0 Å². The van der Waals surface area contributed by atoms with Crippen molar-refractivity contribution in [3.05, 3.63) is 33.8 Å². The van der Waals surface area contributed by atoms with E-state index in [0.29, 0.717) is 0 Å². The molecule has 5 rings (SSSR count). The minimum absolute atomic E-state index is 0.179. The smallest absolute Gasteiger partial charge is 0.341 e. The summed E-state index contributed by atoms with van der Waals surface area (Å²) in [6, 6.07) is -7.75. The van der Waals surface area contributed by atoms with Gasteiger partial charge in [-0.3, -0.25) is 4.79 Å². The highest BCUT2D eigenvalue weighted by molar-refractivity contribution is 5.97. The first-order chi connectivity index (χ1) is 22.2. The summed E-state index contributed by atoms with van der Waals surface area (Å²) in [6.07, 6.45) is -15.8. The molecule has 2 aliphatic heterocycles. The van der Waals surface area contributed by atoms with E-state index in [-0.39, 0.29) is 9.47 Å². The first-order valence-electron chi connectivity index (χ1n) is 18.4. The van der Waals surface area contributed by atoms with E-state index >= 15 is 4.39 Å². The molecular weight excluding hydrogens is 377 g/mol. The number of anilines is 1. The topological polar surface area (TPSA) is 83.8 Å². The van der Waals surface area contributed by atoms with Gasteiger partial charge in [-0.25, -0.2) is 9.18 Å². The molecule has 2 saturated heterocycles. The number of benzene rings is 1. The van der Waals surface area contributed by atoms with E-state index in [1.165, 1.54) is 0 Å². The second kappa shape index (κ2) is 6.73. The molecule has 8 heteroatoms. The highest BCUT2D eigenvalue weighted by Gasteiger charge is 2.38. The van der Waals surface area contributed by atoms with Gasteiger partial charge in [0.05, 0.1) is 28.9 Å². The van der Waals surface area contributed by atoms with Gasteiger partial charge in [0.25, 0.3) is 1.43 Å². The summed E-state index contributed by atoms with van der Waals surface area (Å²) < 4.78 is 195. The van der Waals surface area contributed by atoms with Crippen LogP contribution in [0.15, 0.2) is 17.0 Å². The first kappa shape index (κ1) is 6.44. The van der Waals surface area contributed by atoms with Crippen molar-refractivity contribution in [1.82, 2.24) is 9.88 Å². The molecule has 7 nitrogen and oxygen atoms in total. The molecule has 2 aromatic rings. The molecule has 154 valence electrons. The molecule has 2 unspecified atom stereocenters. The van der Waals surface area contributed by atoms with Crippen LogP contribution in [0.1, 0.15) is 69.3 Å². The number of ether oxygens (including phenoxy) is 1. The van der Waals surface area contributed by atoms with Crippen LogP contribution in [0.2, 0.25) is 0 Å². The van der Waals surface area contributed by atoms with Crippen LogP contribution in [-0.2, 0) is 0 Å². The number of pyridine rings is 1. The van der Waals surface area contributed by atoms with E-state index in [0.717, 1.165) is 0 Å². The summed E-state index contributed by atoms with van der Waals surface area (Å²) in [6.45, 7) is -10.8. The number of aromatic carboxylic acids is 1. The number of aromatic nitrogens is 1. The van der Waals surface area contributed by atoms with Crippen LogP contribution in [0.3, 0.4) is 0 Å². The van der Waals surface area contributed by atoms with Crippen molar-refractivity contribution in [3.8, 4) is 5.75 Å². The minimum atomic E-state index is -3.84. The fourth-order valence-electron chi connectivity index (χ4n) is 3.07. The van der Waals surface area contributed by atoms with Crippen LogP contribution in [0.25, 0.3) is 12.3 Å². The summed E-state index contributed by atoms with van der Waals surface area (Å²) in [7, 11) is -3.84. The third-order valence-corrected chi connectivity index (χ3v) is 4.39. The quantitative estimate of drug-likeness (QED) is 0.787. The van der Waals surface area contributed by atoms with Crippen LogP contribution in [0.5, 0.6) is 5.75 Å². The number of carbonyl (C=O) groups is 1. The highest BCUT2D eigenvalue weighted by atomic mass is 19.1. The van der Waals surface area contributed by atoms with Crippen LogP contribution in [-0.4, -0.2) is 48.2 Å². The Hall–Kier alpha value is -2.61. The molecule has 2 atom stereocenters. The molecule has 0 spiro atoms. The lowest BCUT2D eigenvalue weighted by atomic mass is 9.94. The normalized spacial score (nSPS) is 48.2. The maximum absolute atomic E-state index is 16.7. The number of halogens is 1. The number of carboxylic acid groups (broad SMARTS) is 1. The molecule has 1 saturated carbocycles. The number of piperidine rings is 1. The van der Waals surface area contributed by atoms with E-state index in [2.05, 4.69) is 5.11 Å². The maximum Gasteiger partial charge on any atom is 0.341 e. The fraction of sp³-hybridized carbons (Fsp3) is 0.524. The number of rotatable bonds is 4. The van der Waals surface area contributed by atoms with Gasteiger partial charge in [0, 0.05) is 47.7 Å². The Morgan fingerprint density at radius 2 is 2.38 bits per heavy atom. The molecule has 1 aromatic carbocycles. The van der Waals surface area contributed by atoms with Crippen LogP contribution >= 0.6 is 0 Å². The lowest BCUT2D eigenvalue weighted by molar-refractivity contribution is 0.0695. The predicted octanol–water partition coefficient (Wildman–Crippen LogP) is 2.37. The first-order valence-corrected chi connectivity index (χ1v) is 8.04. The fourth-order valence-corrected chi connectivity index (χ4v) is 3.07. The van der Waals surface area contributed by atoms with Crippen LogP contribution in [0.4, 0.5) is 10.1 Å². The Morgan fingerprint density at radius 3 is 3.14 bits per heavy atom. The molecule has 0 radical (unpaired) electrons. The second-order valence-electron chi connectivity index (χ2n) is 6.07. The lowest BCUT2D eigenvalue weighted by Crippen LogP contribution is -2.40. The molecule has 3 heterocycles. The van der Waals surface area contributed by atoms with Gasteiger partial charge in [-0.05, 0) is 43.9 Å². The number of fused-ring (bicyclic) bond motifs is 2. The SMILES string of the molecule is [2H]OC(=O)c1c([2H])n(C2([2H])C([2H])([2H])C2([2H])[2H])c2c(OC([2H])([2H])[2H])c(N3C([2H])([2H])C4NC([2H])([2H])C([2H])([2H])C([2H])([2H])C4C3([2H])[2H])c(F)c([2H])c2c1=O. The van der Waals surface area contributed by atoms with Crippen molar-refractivity contribution in [2.24, 2.45) is 5.92 Å². The van der Waals surface area contributed by atoms with Gasteiger partial charge >= 0.3 is 5.97 Å². The third-order valence-electron chi connectivity index (χ3n) is 4.39. The molecule has 1 aromatic heterocycles. The molecule has 0 amide bonds. The van der Waals surface area contributed by atoms with Gasteiger partial charge in [-0.15, -0.1) is 0 Å². The number of hydrogen-bond donors (Lipinski definition) is 2. The van der Waals surface area contributed by atoms with Crippen LogP contribution < -0.4 is 20.4 Å². The van der Waals surface area contributed by atoms with Gasteiger partial charge in [-0.1, -0.05) is 0 Å². The third kappa shape index (κ3) is 2.88. The highest BCUT2D eigenvalue weighted by Crippen LogP contribution is 2.45. The van der Waals surface area contributed by atoms with Crippen molar-refractivity contribution in [3.63, 3.8) is 0 Å². The van der Waals surface area contributed by atoms with E-state index in [1.54, 1.807) is 0 Å². The van der Waals surface area contributed by atoms with Crippen molar-refractivity contribution < 1.29 is 46.4 Å². The molecule has 1 aliphatic carbocycles. The maximum atomic E-state index is 16.7. The summed E-state index contributed by atoms with van der Waals surface area (Å²) in [4.78, 5) is 25.8. The number of nitrogens with zero attached hydrogens (tertiary/aromatic N) is 2. The number of carboxylic acids is 1. The summed E-state index contributed by atoms with van der Waals surface area (Å²) in [5.74, 6) is -8.63. The number of nitrogens with one attached hydrogen (secondary N) is 1. The zero-order chi connectivity index (χ0) is 38.7. The largest absolute Gasteiger partial charge is 0.492 e. The zero-order valence-electron chi connectivity index (χ0n) is 35.1. The average Bonchev–Trinajstić information content (AvgIpc) is 3.16.